The first kappa shape index (κ1) is 20.5. The summed E-state index contributed by atoms with van der Waals surface area (Å²) in [6.45, 7) is 7.19. The zero-order valence-corrected chi connectivity index (χ0v) is 18.5. The van der Waals surface area contributed by atoms with E-state index in [0.29, 0.717) is 6.61 Å². The third-order valence-corrected chi connectivity index (χ3v) is 6.02. The summed E-state index contributed by atoms with van der Waals surface area (Å²) < 4.78 is 8.19. The number of nitrogens with zero attached hydrogens (tertiary/aromatic N) is 2. The van der Waals surface area contributed by atoms with Crippen molar-refractivity contribution in [2.75, 3.05) is 32.6 Å². The first-order valence-electron chi connectivity index (χ1n) is 9.85. The molecule has 2 aromatic carbocycles. The maximum absolute atomic E-state index is 6.31. The Balaban J connectivity index is 2.04. The number of halogens is 1. The second kappa shape index (κ2) is 8.00. The van der Waals surface area contributed by atoms with Gasteiger partial charge in [0.25, 0.3) is 0 Å². The molecular weight excluding hydrogens is 368 g/mol. The molecule has 1 aliphatic rings. The van der Waals surface area contributed by atoms with Gasteiger partial charge >= 0.3 is 0 Å². The standard InChI is InChI=1S/C24H30ClN2O/c1-7-24(3)20-15-18(25)11-13-21(20)27(6)23(24)14-10-17-9-12-19(26(4)5)16-22(17)28-8-2/h9-16H,7-8H2,1-6H3/q+1. The summed E-state index contributed by atoms with van der Waals surface area (Å²) in [4.78, 5) is 2.09. The van der Waals surface area contributed by atoms with Crippen LogP contribution in [0.4, 0.5) is 11.4 Å². The van der Waals surface area contributed by atoms with Crippen molar-refractivity contribution in [3.63, 3.8) is 0 Å². The summed E-state index contributed by atoms with van der Waals surface area (Å²) in [5.74, 6) is 0.907. The minimum Gasteiger partial charge on any atom is -0.493 e. The van der Waals surface area contributed by atoms with E-state index in [9.17, 15) is 0 Å². The Bertz CT molecular complexity index is 946. The lowest BCUT2D eigenvalue weighted by Crippen LogP contribution is -2.29. The molecule has 1 atom stereocenters. The van der Waals surface area contributed by atoms with E-state index in [4.69, 9.17) is 16.3 Å². The minimum atomic E-state index is -0.0686. The van der Waals surface area contributed by atoms with Crippen LogP contribution in [0.3, 0.4) is 0 Å². The average molecular weight is 398 g/mol. The number of hydrogen-bond acceptors (Lipinski definition) is 2. The lowest BCUT2D eigenvalue weighted by Gasteiger charge is -2.20. The largest absolute Gasteiger partial charge is 0.493 e. The van der Waals surface area contributed by atoms with Crippen LogP contribution in [0, 0.1) is 0 Å². The second-order valence-corrected chi connectivity index (χ2v) is 8.11. The van der Waals surface area contributed by atoms with Crippen LogP contribution in [0.2, 0.25) is 5.02 Å². The van der Waals surface area contributed by atoms with Gasteiger partial charge in [0.2, 0.25) is 5.69 Å². The smallest absolute Gasteiger partial charge is 0.209 e. The Kier molecular flexibility index (Phi) is 5.85. The van der Waals surface area contributed by atoms with E-state index in [1.807, 2.05) is 27.1 Å². The molecule has 1 aliphatic heterocycles. The van der Waals surface area contributed by atoms with Crippen LogP contribution in [0.1, 0.15) is 38.3 Å². The first-order valence-corrected chi connectivity index (χ1v) is 10.2. The molecule has 3 nitrogen and oxygen atoms in total. The van der Waals surface area contributed by atoms with Gasteiger partial charge in [-0.15, -0.1) is 0 Å². The van der Waals surface area contributed by atoms with Crippen molar-refractivity contribution < 1.29 is 9.31 Å². The number of anilines is 1. The minimum absolute atomic E-state index is 0.0686. The molecule has 148 valence electrons. The lowest BCUT2D eigenvalue weighted by molar-refractivity contribution is -0.401. The van der Waals surface area contributed by atoms with E-state index in [0.717, 1.165) is 28.4 Å². The van der Waals surface area contributed by atoms with E-state index in [2.05, 4.69) is 72.9 Å². The third-order valence-electron chi connectivity index (χ3n) is 5.78. The van der Waals surface area contributed by atoms with Gasteiger partial charge in [-0.3, -0.25) is 0 Å². The molecule has 0 bridgehead atoms. The van der Waals surface area contributed by atoms with Crippen LogP contribution in [-0.2, 0) is 5.41 Å². The molecule has 0 aromatic heterocycles. The highest BCUT2D eigenvalue weighted by Gasteiger charge is 2.45. The molecule has 28 heavy (non-hydrogen) atoms. The molecule has 0 N–H and O–H groups in total. The molecule has 1 heterocycles. The predicted octanol–water partition coefficient (Wildman–Crippen LogP) is 5.91. The van der Waals surface area contributed by atoms with E-state index >= 15 is 0 Å². The Hall–Kier alpha value is -2.26. The maximum Gasteiger partial charge on any atom is 0.209 e. The van der Waals surface area contributed by atoms with Gasteiger partial charge < -0.3 is 9.64 Å². The van der Waals surface area contributed by atoms with E-state index in [1.54, 1.807) is 0 Å². The van der Waals surface area contributed by atoms with E-state index < -0.39 is 0 Å². The fourth-order valence-electron chi connectivity index (χ4n) is 3.94. The summed E-state index contributed by atoms with van der Waals surface area (Å²) in [6, 6.07) is 12.5. The van der Waals surface area contributed by atoms with Crippen LogP contribution in [-0.4, -0.2) is 38.0 Å². The number of rotatable bonds is 6. The van der Waals surface area contributed by atoms with Gasteiger partial charge in [0.05, 0.1) is 12.0 Å². The zero-order chi connectivity index (χ0) is 20.5. The van der Waals surface area contributed by atoms with Crippen LogP contribution in [0.5, 0.6) is 5.75 Å². The van der Waals surface area contributed by atoms with Gasteiger partial charge in [-0.1, -0.05) is 18.5 Å². The van der Waals surface area contributed by atoms with Crippen LogP contribution < -0.4 is 9.64 Å². The van der Waals surface area contributed by atoms with Crippen molar-refractivity contribution in [3.8, 4) is 5.75 Å². The molecule has 2 aromatic rings. The van der Waals surface area contributed by atoms with Crippen molar-refractivity contribution >= 4 is 34.8 Å². The molecule has 1 unspecified atom stereocenters. The van der Waals surface area contributed by atoms with Crippen molar-refractivity contribution in [3.05, 3.63) is 58.6 Å². The Morgan fingerprint density at radius 3 is 2.50 bits per heavy atom. The monoisotopic (exact) mass is 397 g/mol. The van der Waals surface area contributed by atoms with E-state index in [-0.39, 0.29) is 5.41 Å². The summed E-state index contributed by atoms with van der Waals surface area (Å²) in [6.07, 6.45) is 5.39. The fraction of sp³-hybridized carbons (Fsp3) is 0.375. The number of benzene rings is 2. The first-order chi connectivity index (χ1) is 13.3. The Morgan fingerprint density at radius 2 is 1.86 bits per heavy atom. The molecule has 4 heteroatoms. The summed E-state index contributed by atoms with van der Waals surface area (Å²) in [5.41, 5.74) is 5.93. The number of fused-ring (bicyclic) bond motifs is 1. The quantitative estimate of drug-likeness (QED) is 0.562. The van der Waals surface area contributed by atoms with Gasteiger partial charge in [-0.05, 0) is 50.6 Å². The van der Waals surface area contributed by atoms with Crippen molar-refractivity contribution in [2.24, 2.45) is 0 Å². The topological polar surface area (TPSA) is 15.5 Å². The number of hydrogen-bond donors (Lipinski definition) is 0. The Labute approximate surface area is 173 Å². The van der Waals surface area contributed by atoms with Crippen molar-refractivity contribution in [2.45, 2.75) is 32.6 Å². The van der Waals surface area contributed by atoms with Gasteiger partial charge in [0.1, 0.15) is 12.8 Å². The molecule has 0 amide bonds. The summed E-state index contributed by atoms with van der Waals surface area (Å²) in [7, 11) is 6.21. The third kappa shape index (κ3) is 3.56. The predicted molar refractivity (Wildman–Crippen MR) is 121 cm³/mol. The molecule has 0 saturated heterocycles. The van der Waals surface area contributed by atoms with Crippen LogP contribution in [0.15, 0.2) is 42.5 Å². The molecule has 3 rings (SSSR count). The molecule has 0 spiro atoms. The van der Waals surface area contributed by atoms with Gasteiger partial charge in [-0.2, -0.15) is 4.58 Å². The molecule has 0 radical (unpaired) electrons. The van der Waals surface area contributed by atoms with Crippen LogP contribution in [0.25, 0.3) is 6.08 Å². The molecule has 0 fully saturated rings. The SMILES string of the molecule is CCOc1cc(N(C)C)ccc1/C=C/C1=[N+](C)c2ccc(Cl)cc2C1(C)CC. The summed E-state index contributed by atoms with van der Waals surface area (Å²) in [5, 5.41) is 0.787. The van der Waals surface area contributed by atoms with Gasteiger partial charge in [-0.25, -0.2) is 0 Å². The van der Waals surface area contributed by atoms with Crippen LogP contribution >= 0.6 is 11.6 Å². The molecule has 0 aliphatic carbocycles. The highest BCUT2D eigenvalue weighted by atomic mass is 35.5. The zero-order valence-electron chi connectivity index (χ0n) is 17.7. The highest BCUT2D eigenvalue weighted by Crippen LogP contribution is 2.43. The second-order valence-electron chi connectivity index (χ2n) is 7.67. The fourth-order valence-corrected chi connectivity index (χ4v) is 4.11. The maximum atomic E-state index is 6.31. The van der Waals surface area contributed by atoms with Crippen molar-refractivity contribution in [1.29, 1.82) is 0 Å². The Morgan fingerprint density at radius 1 is 1.11 bits per heavy atom. The highest BCUT2D eigenvalue weighted by molar-refractivity contribution is 6.30. The van der Waals surface area contributed by atoms with Gasteiger partial charge in [0, 0.05) is 54.1 Å². The van der Waals surface area contributed by atoms with Crippen molar-refractivity contribution in [1.82, 2.24) is 0 Å². The normalized spacial score (nSPS) is 18.7. The number of allylic oxidation sites excluding steroid dienone is 1. The molecular formula is C24H30ClN2O+. The number of ether oxygens (including phenoxy) is 1. The summed E-state index contributed by atoms with van der Waals surface area (Å²) >= 11 is 6.31. The average Bonchev–Trinajstić information content (AvgIpc) is 2.88. The van der Waals surface area contributed by atoms with E-state index in [1.165, 1.54) is 17.0 Å². The van der Waals surface area contributed by atoms with Gasteiger partial charge in [0.15, 0.2) is 5.71 Å². The lowest BCUT2D eigenvalue weighted by atomic mass is 9.77. The molecule has 0 saturated carbocycles.